The van der Waals surface area contributed by atoms with E-state index in [-0.39, 0.29) is 5.56 Å². The van der Waals surface area contributed by atoms with Crippen LogP contribution in [0.4, 0.5) is 5.82 Å². The Morgan fingerprint density at radius 2 is 2.33 bits per heavy atom. The number of rotatable bonds is 1. The van der Waals surface area contributed by atoms with Crippen LogP contribution in [0.2, 0.25) is 0 Å². The third kappa shape index (κ3) is 1.24. The third-order valence-corrected chi connectivity index (χ3v) is 2.30. The van der Waals surface area contributed by atoms with E-state index in [2.05, 4.69) is 25.9 Å². The average molecular weight is 230 g/mol. The molecule has 1 saturated heterocycles. The molecule has 1 aliphatic rings. The first-order valence-corrected chi connectivity index (χ1v) is 4.57. The lowest BCUT2D eigenvalue weighted by atomic mass is 10.2. The highest BCUT2D eigenvalue weighted by atomic mass is 79.9. The number of nitrogens with one attached hydrogen (secondary N) is 1. The first kappa shape index (κ1) is 7.79. The van der Waals surface area contributed by atoms with Gasteiger partial charge >= 0.3 is 0 Å². The molecule has 0 spiro atoms. The highest BCUT2D eigenvalue weighted by Gasteiger charge is 2.18. The number of aromatic amines is 1. The van der Waals surface area contributed by atoms with Gasteiger partial charge in [-0.2, -0.15) is 0 Å². The Morgan fingerprint density at radius 3 is 2.92 bits per heavy atom. The molecule has 4 nitrogen and oxygen atoms in total. The van der Waals surface area contributed by atoms with Gasteiger partial charge in [0.25, 0.3) is 5.56 Å². The van der Waals surface area contributed by atoms with Crippen LogP contribution in [0, 0.1) is 0 Å². The molecule has 0 aliphatic carbocycles. The molecule has 0 atom stereocenters. The lowest BCUT2D eigenvalue weighted by Gasteiger charge is -2.30. The van der Waals surface area contributed by atoms with E-state index in [9.17, 15) is 4.79 Å². The molecule has 2 heterocycles. The van der Waals surface area contributed by atoms with Crippen molar-refractivity contribution in [2.75, 3.05) is 18.0 Å². The minimum absolute atomic E-state index is 0.113. The first-order chi connectivity index (χ1) is 5.77. The summed E-state index contributed by atoms with van der Waals surface area (Å²) in [4.78, 5) is 19.9. The molecular weight excluding hydrogens is 222 g/mol. The predicted molar refractivity (Wildman–Crippen MR) is 49.4 cm³/mol. The highest BCUT2D eigenvalue weighted by molar-refractivity contribution is 9.10. The summed E-state index contributed by atoms with van der Waals surface area (Å²) in [7, 11) is 0. The van der Waals surface area contributed by atoms with Crippen molar-refractivity contribution in [3.05, 3.63) is 21.2 Å². The van der Waals surface area contributed by atoms with Crippen LogP contribution in [0.25, 0.3) is 0 Å². The zero-order valence-electron chi connectivity index (χ0n) is 6.38. The molecule has 0 unspecified atom stereocenters. The van der Waals surface area contributed by atoms with E-state index >= 15 is 0 Å². The van der Waals surface area contributed by atoms with Gasteiger partial charge in [0.05, 0.1) is 0 Å². The number of hydrogen-bond donors (Lipinski definition) is 1. The fourth-order valence-corrected chi connectivity index (χ4v) is 1.40. The van der Waals surface area contributed by atoms with Gasteiger partial charge in [-0.1, -0.05) is 0 Å². The summed E-state index contributed by atoms with van der Waals surface area (Å²) in [5.74, 6) is 0.524. The fourth-order valence-electron chi connectivity index (χ4n) is 1.12. The van der Waals surface area contributed by atoms with Crippen LogP contribution in [0.5, 0.6) is 0 Å². The van der Waals surface area contributed by atoms with Crippen molar-refractivity contribution >= 4 is 21.7 Å². The molecule has 12 heavy (non-hydrogen) atoms. The minimum Gasteiger partial charge on any atom is -0.352 e. The SMILES string of the molecule is O=c1[nH]cc(Br)nc1N1CCC1. The Labute approximate surface area is 77.7 Å². The third-order valence-electron chi connectivity index (χ3n) is 1.89. The van der Waals surface area contributed by atoms with Gasteiger partial charge in [0.15, 0.2) is 5.82 Å². The van der Waals surface area contributed by atoms with Gasteiger partial charge in [-0.25, -0.2) is 4.98 Å². The molecule has 1 aliphatic heterocycles. The Hall–Kier alpha value is -0.840. The average Bonchev–Trinajstić information content (AvgIpc) is 1.93. The lowest BCUT2D eigenvalue weighted by Crippen LogP contribution is -2.41. The summed E-state index contributed by atoms with van der Waals surface area (Å²) >= 11 is 3.21. The number of hydrogen-bond acceptors (Lipinski definition) is 3. The van der Waals surface area contributed by atoms with Gasteiger partial charge in [0.2, 0.25) is 0 Å². The topological polar surface area (TPSA) is 49.0 Å². The number of halogens is 1. The van der Waals surface area contributed by atoms with Gasteiger partial charge in [-0.15, -0.1) is 0 Å². The molecule has 64 valence electrons. The number of anilines is 1. The molecule has 2 rings (SSSR count). The van der Waals surface area contributed by atoms with Crippen LogP contribution in [-0.2, 0) is 0 Å². The Kier molecular flexibility index (Phi) is 1.88. The van der Waals surface area contributed by atoms with Crippen LogP contribution >= 0.6 is 15.9 Å². The largest absolute Gasteiger partial charge is 0.352 e. The zero-order chi connectivity index (χ0) is 8.55. The van der Waals surface area contributed by atoms with E-state index < -0.39 is 0 Å². The fraction of sp³-hybridized carbons (Fsp3) is 0.429. The maximum atomic E-state index is 11.2. The lowest BCUT2D eigenvalue weighted by molar-refractivity contribution is 0.605. The first-order valence-electron chi connectivity index (χ1n) is 3.77. The van der Waals surface area contributed by atoms with E-state index in [0.29, 0.717) is 10.4 Å². The van der Waals surface area contributed by atoms with Gasteiger partial charge in [0.1, 0.15) is 4.60 Å². The molecule has 0 radical (unpaired) electrons. The second-order valence-corrected chi connectivity index (χ2v) is 3.53. The van der Waals surface area contributed by atoms with Crippen molar-refractivity contribution in [1.82, 2.24) is 9.97 Å². The quantitative estimate of drug-likeness (QED) is 0.774. The summed E-state index contributed by atoms with van der Waals surface area (Å²) in [6.07, 6.45) is 2.69. The van der Waals surface area contributed by atoms with E-state index in [0.717, 1.165) is 19.5 Å². The van der Waals surface area contributed by atoms with Crippen LogP contribution in [-0.4, -0.2) is 23.1 Å². The van der Waals surface area contributed by atoms with E-state index in [1.54, 1.807) is 6.20 Å². The summed E-state index contributed by atoms with van der Waals surface area (Å²) in [5, 5.41) is 0. The normalized spacial score (nSPS) is 15.9. The van der Waals surface area contributed by atoms with Crippen LogP contribution < -0.4 is 10.5 Å². The Morgan fingerprint density at radius 1 is 1.58 bits per heavy atom. The standard InChI is InChI=1S/C7H8BrN3O/c8-5-4-9-7(12)6(10-5)11-2-1-3-11/h4H,1-3H2,(H,9,12). The van der Waals surface area contributed by atoms with Crippen molar-refractivity contribution < 1.29 is 0 Å². The zero-order valence-corrected chi connectivity index (χ0v) is 7.97. The maximum absolute atomic E-state index is 11.2. The van der Waals surface area contributed by atoms with Crippen LogP contribution in [0.1, 0.15) is 6.42 Å². The van der Waals surface area contributed by atoms with Gasteiger partial charge in [0, 0.05) is 19.3 Å². The smallest absolute Gasteiger partial charge is 0.290 e. The summed E-state index contributed by atoms with van der Waals surface area (Å²) in [6, 6.07) is 0. The number of aromatic nitrogens is 2. The van der Waals surface area contributed by atoms with E-state index in [1.807, 2.05) is 4.90 Å². The summed E-state index contributed by atoms with van der Waals surface area (Å²) in [5.41, 5.74) is -0.113. The molecule has 1 aromatic rings. The van der Waals surface area contributed by atoms with Crippen molar-refractivity contribution in [1.29, 1.82) is 0 Å². The van der Waals surface area contributed by atoms with Gasteiger partial charge in [-0.05, 0) is 22.4 Å². The van der Waals surface area contributed by atoms with Crippen molar-refractivity contribution in [3.63, 3.8) is 0 Å². The van der Waals surface area contributed by atoms with E-state index in [1.165, 1.54) is 0 Å². The second-order valence-electron chi connectivity index (χ2n) is 2.72. The Balaban J connectivity index is 2.40. The number of H-pyrrole nitrogens is 1. The molecule has 1 fully saturated rings. The van der Waals surface area contributed by atoms with E-state index in [4.69, 9.17) is 0 Å². The molecule has 0 bridgehead atoms. The van der Waals surface area contributed by atoms with Crippen molar-refractivity contribution in [2.45, 2.75) is 6.42 Å². The molecular formula is C7H8BrN3O. The highest BCUT2D eigenvalue weighted by Crippen LogP contribution is 2.14. The van der Waals surface area contributed by atoms with Gasteiger partial charge in [-0.3, -0.25) is 4.79 Å². The van der Waals surface area contributed by atoms with Crippen LogP contribution in [0.3, 0.4) is 0 Å². The molecule has 0 amide bonds. The molecule has 0 aromatic carbocycles. The predicted octanol–water partition coefficient (Wildman–Crippen LogP) is 0.743. The summed E-state index contributed by atoms with van der Waals surface area (Å²) < 4.78 is 0.670. The second kappa shape index (κ2) is 2.90. The molecule has 1 aromatic heterocycles. The number of nitrogens with zero attached hydrogens (tertiary/aromatic N) is 2. The molecule has 1 N–H and O–H groups in total. The van der Waals surface area contributed by atoms with Crippen molar-refractivity contribution in [3.8, 4) is 0 Å². The minimum atomic E-state index is -0.113. The Bertz CT molecular complexity index is 345. The summed E-state index contributed by atoms with van der Waals surface area (Å²) in [6.45, 7) is 1.87. The van der Waals surface area contributed by atoms with Crippen LogP contribution in [0.15, 0.2) is 15.6 Å². The molecule has 0 saturated carbocycles. The molecule has 5 heteroatoms. The van der Waals surface area contributed by atoms with Gasteiger partial charge < -0.3 is 9.88 Å². The maximum Gasteiger partial charge on any atom is 0.290 e. The monoisotopic (exact) mass is 229 g/mol. The van der Waals surface area contributed by atoms with Crippen molar-refractivity contribution in [2.24, 2.45) is 0 Å².